The Bertz CT molecular complexity index is 1850. The van der Waals surface area contributed by atoms with Crippen LogP contribution in [0.1, 0.15) is 24.1 Å². The summed E-state index contributed by atoms with van der Waals surface area (Å²) < 4.78 is 28.5. The second-order valence-corrected chi connectivity index (χ2v) is 9.71. The molecule has 11 heteroatoms. The van der Waals surface area contributed by atoms with Gasteiger partial charge in [-0.1, -0.05) is 30.3 Å². The fourth-order valence-corrected chi connectivity index (χ4v) is 5.13. The number of nitrogen functional groups attached to an aromatic ring is 1. The Hall–Kier alpha value is -4.61. The van der Waals surface area contributed by atoms with Crippen molar-refractivity contribution in [2.24, 2.45) is 0 Å². The van der Waals surface area contributed by atoms with Crippen LogP contribution in [0.4, 0.5) is 5.82 Å². The van der Waals surface area contributed by atoms with E-state index >= 15 is 0 Å². The Balaban J connectivity index is 1.53. The van der Waals surface area contributed by atoms with Gasteiger partial charge in [0.05, 0.1) is 22.8 Å². The van der Waals surface area contributed by atoms with E-state index in [1.807, 2.05) is 65.5 Å². The SMILES string of the molecule is CC(c1cc2ccccn2c1-c1ccccn1)n1nc(-c2cccc(CN[SH](=O)=O)c2)c2c(N)ncnc21. The average molecular weight is 525 g/mol. The first-order valence-electron chi connectivity index (χ1n) is 12.0. The first-order chi connectivity index (χ1) is 18.5. The molecule has 0 aliphatic carbocycles. The molecule has 6 aromatic rings. The van der Waals surface area contributed by atoms with Gasteiger partial charge in [0.15, 0.2) is 5.65 Å². The van der Waals surface area contributed by atoms with Crippen molar-refractivity contribution in [1.82, 2.24) is 33.9 Å². The second kappa shape index (κ2) is 9.69. The zero-order valence-electron chi connectivity index (χ0n) is 20.4. The highest BCUT2D eigenvalue weighted by molar-refractivity contribution is 7.70. The number of rotatable bonds is 7. The smallest absolute Gasteiger partial charge is 0.201 e. The summed E-state index contributed by atoms with van der Waals surface area (Å²) >= 11 is 0. The fourth-order valence-electron chi connectivity index (χ4n) is 4.82. The molecule has 0 spiro atoms. The number of fused-ring (bicyclic) bond motifs is 2. The molecule has 0 saturated carbocycles. The Labute approximate surface area is 219 Å². The number of pyridine rings is 2. The van der Waals surface area contributed by atoms with E-state index in [1.165, 1.54) is 6.33 Å². The van der Waals surface area contributed by atoms with Crippen LogP contribution >= 0.6 is 0 Å². The van der Waals surface area contributed by atoms with E-state index in [9.17, 15) is 8.42 Å². The van der Waals surface area contributed by atoms with Crippen molar-refractivity contribution >= 4 is 33.3 Å². The quantitative estimate of drug-likeness (QED) is 0.272. The zero-order chi connectivity index (χ0) is 26.2. The molecular formula is C27H24N8O2S. The Morgan fingerprint density at radius 2 is 1.87 bits per heavy atom. The number of nitrogens with zero attached hydrogens (tertiary/aromatic N) is 6. The number of hydrogen-bond acceptors (Lipinski definition) is 7. The molecule has 1 aromatic carbocycles. The number of nitrogens with one attached hydrogen (secondary N) is 1. The lowest BCUT2D eigenvalue weighted by Gasteiger charge is -2.15. The number of hydrogen-bond donors (Lipinski definition) is 3. The molecule has 0 bridgehead atoms. The topological polar surface area (TPSA) is 133 Å². The fraction of sp³-hybridized carbons (Fsp3) is 0.111. The lowest BCUT2D eigenvalue weighted by Crippen LogP contribution is -2.11. The molecule has 1 atom stereocenters. The van der Waals surface area contributed by atoms with Crippen LogP contribution in [-0.4, -0.2) is 37.6 Å². The van der Waals surface area contributed by atoms with Crippen LogP contribution < -0.4 is 10.5 Å². The van der Waals surface area contributed by atoms with Gasteiger partial charge in [0.2, 0.25) is 10.9 Å². The van der Waals surface area contributed by atoms with E-state index in [2.05, 4.69) is 43.1 Å². The van der Waals surface area contributed by atoms with Gasteiger partial charge in [-0.3, -0.25) is 4.98 Å². The van der Waals surface area contributed by atoms with E-state index in [-0.39, 0.29) is 12.6 Å². The molecule has 6 rings (SSSR count). The largest absolute Gasteiger partial charge is 0.383 e. The first kappa shape index (κ1) is 23.8. The Kier molecular flexibility index (Phi) is 6.06. The molecule has 0 radical (unpaired) electrons. The minimum Gasteiger partial charge on any atom is -0.383 e. The monoisotopic (exact) mass is 524 g/mol. The van der Waals surface area contributed by atoms with E-state index < -0.39 is 10.9 Å². The zero-order valence-corrected chi connectivity index (χ0v) is 21.3. The van der Waals surface area contributed by atoms with Crippen molar-refractivity contribution in [3.05, 3.63) is 96.6 Å². The highest BCUT2D eigenvalue weighted by Gasteiger charge is 2.25. The van der Waals surface area contributed by atoms with E-state index in [0.717, 1.165) is 33.6 Å². The third-order valence-corrected chi connectivity index (χ3v) is 6.98. The molecule has 190 valence electrons. The summed E-state index contributed by atoms with van der Waals surface area (Å²) in [6.07, 6.45) is 5.25. The van der Waals surface area contributed by atoms with Crippen molar-refractivity contribution in [2.75, 3.05) is 5.73 Å². The molecule has 1 unspecified atom stereocenters. The maximum absolute atomic E-state index is 11.0. The van der Waals surface area contributed by atoms with Gasteiger partial charge < -0.3 is 10.1 Å². The van der Waals surface area contributed by atoms with E-state index in [0.29, 0.717) is 22.5 Å². The Morgan fingerprint density at radius 1 is 1.00 bits per heavy atom. The minimum atomic E-state index is -2.70. The molecular weight excluding hydrogens is 500 g/mol. The summed E-state index contributed by atoms with van der Waals surface area (Å²) in [6.45, 7) is 2.25. The Morgan fingerprint density at radius 3 is 2.68 bits per heavy atom. The van der Waals surface area contributed by atoms with Gasteiger partial charge >= 0.3 is 0 Å². The molecule has 0 fully saturated rings. The van der Waals surface area contributed by atoms with Crippen molar-refractivity contribution in [3.8, 4) is 22.6 Å². The van der Waals surface area contributed by atoms with Gasteiger partial charge in [-0.2, -0.15) is 5.10 Å². The molecule has 10 nitrogen and oxygen atoms in total. The predicted octanol–water partition coefficient (Wildman–Crippen LogP) is 3.62. The number of anilines is 1. The average Bonchev–Trinajstić information content (AvgIpc) is 3.52. The number of thiol groups is 1. The maximum Gasteiger partial charge on any atom is 0.201 e. The molecule has 3 N–H and O–H groups in total. The van der Waals surface area contributed by atoms with Gasteiger partial charge in [0, 0.05) is 35.6 Å². The van der Waals surface area contributed by atoms with Crippen LogP contribution in [0.5, 0.6) is 0 Å². The van der Waals surface area contributed by atoms with Crippen molar-refractivity contribution in [2.45, 2.75) is 19.5 Å². The summed E-state index contributed by atoms with van der Waals surface area (Å²) in [4.78, 5) is 13.4. The summed E-state index contributed by atoms with van der Waals surface area (Å²) in [5.41, 5.74) is 13.1. The summed E-state index contributed by atoms with van der Waals surface area (Å²) in [5.74, 6) is 0.321. The third kappa shape index (κ3) is 4.17. The summed E-state index contributed by atoms with van der Waals surface area (Å²) in [5, 5.41) is 5.64. The highest BCUT2D eigenvalue weighted by Crippen LogP contribution is 2.37. The van der Waals surface area contributed by atoms with Crippen LogP contribution in [0.2, 0.25) is 0 Å². The van der Waals surface area contributed by atoms with Crippen LogP contribution in [-0.2, 0) is 17.4 Å². The van der Waals surface area contributed by atoms with Crippen LogP contribution in [0.25, 0.3) is 39.2 Å². The highest BCUT2D eigenvalue weighted by atomic mass is 32.2. The predicted molar refractivity (Wildman–Crippen MR) is 147 cm³/mol. The number of nitrogens with two attached hydrogens (primary N) is 1. The second-order valence-electron chi connectivity index (χ2n) is 8.88. The molecule has 0 aliphatic heterocycles. The molecule has 5 heterocycles. The molecule has 0 amide bonds. The number of aromatic nitrogens is 6. The normalized spacial score (nSPS) is 12.5. The minimum absolute atomic E-state index is 0.179. The summed E-state index contributed by atoms with van der Waals surface area (Å²) in [6, 6.07) is 21.3. The van der Waals surface area contributed by atoms with E-state index in [4.69, 9.17) is 10.8 Å². The van der Waals surface area contributed by atoms with Gasteiger partial charge in [0.25, 0.3) is 0 Å². The van der Waals surface area contributed by atoms with Crippen molar-refractivity contribution < 1.29 is 8.42 Å². The molecule has 5 aromatic heterocycles. The molecule has 0 aliphatic rings. The van der Waals surface area contributed by atoms with Gasteiger partial charge in [-0.05, 0) is 48.9 Å². The van der Waals surface area contributed by atoms with Crippen molar-refractivity contribution in [3.63, 3.8) is 0 Å². The maximum atomic E-state index is 11.0. The standard InChI is InChI=1S/C27H24N8O2S/c1-17(21-14-20-9-3-5-12-34(20)25(21)22-10-2-4-11-29-22)35-27-23(26(28)30-16-31-27)24(33-35)19-8-6-7-18(13-19)15-32-38(36)37/h2-14,16-17,38H,15H2,1H3,(H2,28,30,31)(H,32,36,37). The van der Waals surface area contributed by atoms with Gasteiger partial charge in [-0.25, -0.2) is 27.8 Å². The van der Waals surface area contributed by atoms with Crippen LogP contribution in [0.3, 0.4) is 0 Å². The van der Waals surface area contributed by atoms with E-state index in [1.54, 1.807) is 6.20 Å². The number of benzene rings is 1. The van der Waals surface area contributed by atoms with Gasteiger partial charge in [0.1, 0.15) is 17.8 Å². The lowest BCUT2D eigenvalue weighted by molar-refractivity contribution is 0.582. The van der Waals surface area contributed by atoms with Crippen LogP contribution in [0, 0.1) is 0 Å². The summed E-state index contributed by atoms with van der Waals surface area (Å²) in [7, 11) is -2.70. The molecule has 38 heavy (non-hydrogen) atoms. The third-order valence-electron chi connectivity index (χ3n) is 6.56. The van der Waals surface area contributed by atoms with Crippen LogP contribution in [0.15, 0.2) is 85.5 Å². The van der Waals surface area contributed by atoms with Crippen molar-refractivity contribution in [1.29, 1.82) is 0 Å². The van der Waals surface area contributed by atoms with Gasteiger partial charge in [-0.15, -0.1) is 0 Å². The first-order valence-corrected chi connectivity index (χ1v) is 13.2. The molecule has 0 saturated heterocycles. The lowest BCUT2D eigenvalue weighted by atomic mass is 10.1.